The van der Waals surface area contributed by atoms with Crippen molar-refractivity contribution in [1.29, 1.82) is 0 Å². The van der Waals surface area contributed by atoms with E-state index in [1.807, 2.05) is 25.7 Å². The molecule has 0 aliphatic carbocycles. The van der Waals surface area contributed by atoms with E-state index in [1.165, 1.54) is 6.42 Å². The molecule has 1 amide bonds. The van der Waals surface area contributed by atoms with Crippen LogP contribution in [0.1, 0.15) is 47.5 Å². The van der Waals surface area contributed by atoms with Gasteiger partial charge in [0.15, 0.2) is 0 Å². The van der Waals surface area contributed by atoms with E-state index in [0.29, 0.717) is 0 Å². The summed E-state index contributed by atoms with van der Waals surface area (Å²) in [5, 5.41) is 3.30. The van der Waals surface area contributed by atoms with Gasteiger partial charge in [-0.25, -0.2) is 0 Å². The molecule has 0 bridgehead atoms. The van der Waals surface area contributed by atoms with Crippen LogP contribution in [0.25, 0.3) is 0 Å². The molecule has 1 unspecified atom stereocenters. The zero-order chi connectivity index (χ0) is 12.6. The molecule has 0 aliphatic rings. The van der Waals surface area contributed by atoms with Crippen LogP contribution in [0.4, 0.5) is 0 Å². The number of carbonyl (C=O) groups excluding carboxylic acids is 1. The fraction of sp³-hybridized carbons (Fsp3) is 0.923. The molecule has 1 atom stereocenters. The molecular weight excluding hydrogens is 200 g/mol. The summed E-state index contributed by atoms with van der Waals surface area (Å²) in [6, 6.07) is -0.0490. The van der Waals surface area contributed by atoms with Crippen molar-refractivity contribution >= 4 is 5.91 Å². The smallest absolute Gasteiger partial charge is 0.239 e. The molecule has 0 saturated heterocycles. The van der Waals surface area contributed by atoms with E-state index in [9.17, 15) is 4.79 Å². The molecule has 0 rings (SSSR count). The summed E-state index contributed by atoms with van der Waals surface area (Å²) in [7, 11) is 0. The Kier molecular flexibility index (Phi) is 8.26. The van der Waals surface area contributed by atoms with Gasteiger partial charge in [0.1, 0.15) is 0 Å². The van der Waals surface area contributed by atoms with Gasteiger partial charge in [-0.2, -0.15) is 0 Å². The molecule has 1 N–H and O–H groups in total. The summed E-state index contributed by atoms with van der Waals surface area (Å²) >= 11 is 0. The molecule has 0 aromatic carbocycles. The molecule has 0 aliphatic heterocycles. The Hall–Kier alpha value is -0.570. The SMILES string of the molecule is CCN(CC)C(=O)C(C)NCCCC(C)C. The number of likely N-dealkylation sites (N-methyl/N-ethyl adjacent to an activating group) is 1. The second-order valence-electron chi connectivity index (χ2n) is 4.72. The minimum absolute atomic E-state index is 0.0490. The highest BCUT2D eigenvalue weighted by Gasteiger charge is 2.16. The summed E-state index contributed by atoms with van der Waals surface area (Å²) < 4.78 is 0. The van der Waals surface area contributed by atoms with Crippen molar-refractivity contribution in [2.45, 2.75) is 53.5 Å². The minimum atomic E-state index is -0.0490. The molecule has 0 radical (unpaired) electrons. The Balaban J connectivity index is 3.78. The van der Waals surface area contributed by atoms with E-state index < -0.39 is 0 Å². The normalized spacial score (nSPS) is 12.9. The molecular formula is C13H28N2O. The van der Waals surface area contributed by atoms with Crippen LogP contribution in [0.15, 0.2) is 0 Å². The van der Waals surface area contributed by atoms with Gasteiger partial charge in [0.25, 0.3) is 0 Å². The number of carbonyl (C=O) groups is 1. The van der Waals surface area contributed by atoms with Gasteiger partial charge in [-0.15, -0.1) is 0 Å². The third-order valence-electron chi connectivity index (χ3n) is 2.85. The zero-order valence-corrected chi connectivity index (χ0v) is 11.5. The van der Waals surface area contributed by atoms with Crippen molar-refractivity contribution in [2.75, 3.05) is 19.6 Å². The summed E-state index contributed by atoms with van der Waals surface area (Å²) in [6.07, 6.45) is 2.37. The second kappa shape index (κ2) is 8.57. The van der Waals surface area contributed by atoms with Crippen LogP contribution in [-0.4, -0.2) is 36.5 Å². The number of hydrogen-bond donors (Lipinski definition) is 1. The van der Waals surface area contributed by atoms with Crippen molar-refractivity contribution in [3.8, 4) is 0 Å². The van der Waals surface area contributed by atoms with E-state index in [-0.39, 0.29) is 11.9 Å². The Morgan fingerprint density at radius 3 is 2.19 bits per heavy atom. The predicted molar refractivity (Wildman–Crippen MR) is 69.5 cm³/mol. The van der Waals surface area contributed by atoms with Gasteiger partial charge >= 0.3 is 0 Å². The maximum atomic E-state index is 11.9. The highest BCUT2D eigenvalue weighted by Crippen LogP contribution is 2.02. The predicted octanol–water partition coefficient (Wildman–Crippen LogP) is 2.27. The Morgan fingerprint density at radius 2 is 1.75 bits per heavy atom. The molecule has 0 fully saturated rings. The molecule has 0 aromatic heterocycles. The first-order valence-electron chi connectivity index (χ1n) is 6.55. The number of amides is 1. The lowest BCUT2D eigenvalue weighted by atomic mass is 10.1. The van der Waals surface area contributed by atoms with Crippen molar-refractivity contribution < 1.29 is 4.79 Å². The molecule has 3 heteroatoms. The topological polar surface area (TPSA) is 32.3 Å². The maximum absolute atomic E-state index is 11.9. The van der Waals surface area contributed by atoms with Crippen molar-refractivity contribution in [1.82, 2.24) is 10.2 Å². The first-order valence-corrected chi connectivity index (χ1v) is 6.55. The molecule has 16 heavy (non-hydrogen) atoms. The fourth-order valence-corrected chi connectivity index (χ4v) is 1.73. The number of nitrogens with one attached hydrogen (secondary N) is 1. The summed E-state index contributed by atoms with van der Waals surface area (Å²) in [5.74, 6) is 0.963. The lowest BCUT2D eigenvalue weighted by Crippen LogP contribution is -2.45. The highest BCUT2D eigenvalue weighted by atomic mass is 16.2. The van der Waals surface area contributed by atoms with E-state index in [0.717, 1.165) is 32.0 Å². The maximum Gasteiger partial charge on any atom is 0.239 e. The second-order valence-corrected chi connectivity index (χ2v) is 4.72. The third kappa shape index (κ3) is 6.11. The first kappa shape index (κ1) is 15.4. The third-order valence-corrected chi connectivity index (χ3v) is 2.85. The van der Waals surface area contributed by atoms with Gasteiger partial charge in [-0.3, -0.25) is 4.79 Å². The monoisotopic (exact) mass is 228 g/mol. The average molecular weight is 228 g/mol. The van der Waals surface area contributed by atoms with Gasteiger partial charge in [0, 0.05) is 13.1 Å². The van der Waals surface area contributed by atoms with Crippen LogP contribution in [0, 0.1) is 5.92 Å². The van der Waals surface area contributed by atoms with Gasteiger partial charge < -0.3 is 10.2 Å². The molecule has 0 saturated carbocycles. The molecule has 3 nitrogen and oxygen atoms in total. The number of hydrogen-bond acceptors (Lipinski definition) is 2. The van der Waals surface area contributed by atoms with E-state index >= 15 is 0 Å². The lowest BCUT2D eigenvalue weighted by Gasteiger charge is -2.23. The molecule has 0 aromatic rings. The van der Waals surface area contributed by atoms with Crippen molar-refractivity contribution in [3.05, 3.63) is 0 Å². The standard InChI is InChI=1S/C13H28N2O/c1-6-15(7-2)13(16)12(5)14-10-8-9-11(3)4/h11-12,14H,6-10H2,1-5H3. The fourth-order valence-electron chi connectivity index (χ4n) is 1.73. The molecule has 0 heterocycles. The zero-order valence-electron chi connectivity index (χ0n) is 11.5. The van der Waals surface area contributed by atoms with E-state index in [2.05, 4.69) is 19.2 Å². The lowest BCUT2D eigenvalue weighted by molar-refractivity contribution is -0.132. The molecule has 0 spiro atoms. The highest BCUT2D eigenvalue weighted by molar-refractivity contribution is 5.81. The van der Waals surface area contributed by atoms with Crippen LogP contribution in [-0.2, 0) is 4.79 Å². The van der Waals surface area contributed by atoms with Crippen LogP contribution in [0.2, 0.25) is 0 Å². The quantitative estimate of drug-likeness (QED) is 0.646. The van der Waals surface area contributed by atoms with Gasteiger partial charge in [-0.05, 0) is 46.1 Å². The van der Waals surface area contributed by atoms with Gasteiger partial charge in [0.2, 0.25) is 5.91 Å². The summed E-state index contributed by atoms with van der Waals surface area (Å²) in [5.41, 5.74) is 0. The van der Waals surface area contributed by atoms with Gasteiger partial charge in [-0.1, -0.05) is 13.8 Å². The summed E-state index contributed by atoms with van der Waals surface area (Å²) in [4.78, 5) is 13.8. The van der Waals surface area contributed by atoms with Crippen LogP contribution in [0.5, 0.6) is 0 Å². The number of nitrogens with zero attached hydrogens (tertiary/aromatic N) is 1. The molecule has 96 valence electrons. The largest absolute Gasteiger partial charge is 0.342 e. The first-order chi connectivity index (χ1) is 7.52. The van der Waals surface area contributed by atoms with Crippen molar-refractivity contribution in [2.24, 2.45) is 5.92 Å². The Morgan fingerprint density at radius 1 is 1.19 bits per heavy atom. The van der Waals surface area contributed by atoms with Crippen LogP contribution < -0.4 is 5.32 Å². The van der Waals surface area contributed by atoms with Crippen LogP contribution in [0.3, 0.4) is 0 Å². The van der Waals surface area contributed by atoms with Crippen LogP contribution >= 0.6 is 0 Å². The summed E-state index contributed by atoms with van der Waals surface area (Å²) in [6.45, 7) is 13.0. The Labute approximate surface area is 101 Å². The van der Waals surface area contributed by atoms with Gasteiger partial charge in [0.05, 0.1) is 6.04 Å². The Bertz CT molecular complexity index is 188. The number of rotatable bonds is 8. The minimum Gasteiger partial charge on any atom is -0.342 e. The van der Waals surface area contributed by atoms with E-state index in [4.69, 9.17) is 0 Å². The van der Waals surface area contributed by atoms with E-state index in [1.54, 1.807) is 0 Å². The van der Waals surface area contributed by atoms with Crippen molar-refractivity contribution in [3.63, 3.8) is 0 Å². The average Bonchev–Trinajstić information content (AvgIpc) is 2.25.